The van der Waals surface area contributed by atoms with Crippen molar-refractivity contribution in [1.29, 1.82) is 0 Å². The van der Waals surface area contributed by atoms with E-state index < -0.39 is 0 Å². The van der Waals surface area contributed by atoms with E-state index in [0.717, 1.165) is 0 Å². The summed E-state index contributed by atoms with van der Waals surface area (Å²) >= 11 is 0. The summed E-state index contributed by atoms with van der Waals surface area (Å²) in [5.74, 6) is 2.75. The van der Waals surface area contributed by atoms with Crippen LogP contribution in [0.3, 0.4) is 0 Å². The first kappa shape index (κ1) is 13.4. The predicted octanol–water partition coefficient (Wildman–Crippen LogP) is 3.66. The molecule has 0 spiro atoms. The number of aromatic hydroxyl groups is 1. The maximum Gasteiger partial charge on any atom is 0.282 e. The number of phenolic OH excluding ortho intramolecular Hbond substituents is 1. The highest BCUT2D eigenvalue weighted by Gasteiger charge is 2.20. The van der Waals surface area contributed by atoms with Crippen LogP contribution in [0.15, 0.2) is 54.6 Å². The van der Waals surface area contributed by atoms with E-state index in [9.17, 15) is 5.11 Å². The minimum atomic E-state index is 0.146. The third kappa shape index (κ3) is 2.74. The van der Waals surface area contributed by atoms with Crippen LogP contribution in [0.5, 0.6) is 34.6 Å². The molecule has 6 nitrogen and oxygen atoms in total. The summed E-state index contributed by atoms with van der Waals surface area (Å²) in [5, 5.41) is 17.5. The zero-order valence-electron chi connectivity index (χ0n) is 12.0. The van der Waals surface area contributed by atoms with Gasteiger partial charge in [0.25, 0.3) is 5.88 Å². The molecule has 1 aliphatic rings. The van der Waals surface area contributed by atoms with Gasteiger partial charge in [-0.15, -0.1) is 10.2 Å². The van der Waals surface area contributed by atoms with Gasteiger partial charge in [0.1, 0.15) is 23.8 Å². The molecule has 0 saturated carbocycles. The molecule has 2 heterocycles. The predicted molar refractivity (Wildman–Crippen MR) is 81.1 cm³/mol. The second kappa shape index (κ2) is 5.49. The summed E-state index contributed by atoms with van der Waals surface area (Å²) in [4.78, 5) is 0. The van der Waals surface area contributed by atoms with Gasteiger partial charge < -0.3 is 19.3 Å². The Labute approximate surface area is 131 Å². The van der Waals surface area contributed by atoms with E-state index in [4.69, 9.17) is 14.2 Å². The summed E-state index contributed by atoms with van der Waals surface area (Å²) in [6, 6.07) is 15.6. The molecule has 1 aromatic heterocycles. The quantitative estimate of drug-likeness (QED) is 0.622. The lowest BCUT2D eigenvalue weighted by Crippen LogP contribution is -2.05. The minimum Gasteiger partial charge on any atom is -0.508 e. The monoisotopic (exact) mass is 308 g/mol. The third-order valence-electron chi connectivity index (χ3n) is 3.26. The van der Waals surface area contributed by atoms with Crippen LogP contribution in [0, 0.1) is 0 Å². The summed E-state index contributed by atoms with van der Waals surface area (Å²) in [5.41, 5.74) is 0.593. The van der Waals surface area contributed by atoms with Crippen molar-refractivity contribution in [3.8, 4) is 34.6 Å². The Kier molecular flexibility index (Phi) is 3.20. The van der Waals surface area contributed by atoms with Gasteiger partial charge in [-0.2, -0.15) is 0 Å². The van der Waals surface area contributed by atoms with Crippen molar-refractivity contribution >= 4 is 0 Å². The van der Waals surface area contributed by atoms with Gasteiger partial charge in [0.05, 0.1) is 0 Å². The van der Waals surface area contributed by atoms with Crippen LogP contribution in [0.25, 0.3) is 0 Å². The standard InChI is InChI=1S/C17H12N2O4/c20-12-4-3-5-13(9-12)21-10-11-8-16-17(19-18-11)23-15-7-2-1-6-14(15)22-16/h1-9,20H,10H2. The first-order valence-electron chi connectivity index (χ1n) is 7.01. The number of ether oxygens (including phenoxy) is 3. The smallest absolute Gasteiger partial charge is 0.282 e. The molecular weight excluding hydrogens is 296 g/mol. The lowest BCUT2D eigenvalue weighted by molar-refractivity contribution is 0.292. The Balaban J connectivity index is 1.52. The Morgan fingerprint density at radius 1 is 0.870 bits per heavy atom. The van der Waals surface area contributed by atoms with Gasteiger partial charge in [0.2, 0.25) is 0 Å². The molecule has 0 amide bonds. The van der Waals surface area contributed by atoms with Crippen LogP contribution in [0.2, 0.25) is 0 Å². The lowest BCUT2D eigenvalue weighted by Gasteiger charge is -2.19. The number of rotatable bonds is 3. The Morgan fingerprint density at radius 2 is 1.70 bits per heavy atom. The number of phenols is 1. The highest BCUT2D eigenvalue weighted by Crippen LogP contribution is 2.43. The Hall–Kier alpha value is -3.28. The molecule has 0 radical (unpaired) electrons. The Bertz CT molecular complexity index is 867. The Morgan fingerprint density at radius 3 is 2.52 bits per heavy atom. The zero-order chi connectivity index (χ0) is 15.6. The SMILES string of the molecule is Oc1cccc(OCc2cc3c(nn2)Oc2ccccc2O3)c1. The number of hydrogen-bond donors (Lipinski definition) is 1. The molecule has 23 heavy (non-hydrogen) atoms. The number of para-hydroxylation sites is 2. The third-order valence-corrected chi connectivity index (χ3v) is 3.26. The maximum absolute atomic E-state index is 9.42. The zero-order valence-corrected chi connectivity index (χ0v) is 12.0. The molecule has 114 valence electrons. The van der Waals surface area contributed by atoms with E-state index in [-0.39, 0.29) is 12.4 Å². The van der Waals surface area contributed by atoms with Crippen LogP contribution in [-0.4, -0.2) is 15.3 Å². The van der Waals surface area contributed by atoms with Crippen LogP contribution >= 0.6 is 0 Å². The maximum atomic E-state index is 9.42. The van der Waals surface area contributed by atoms with Crippen LogP contribution in [0.4, 0.5) is 0 Å². The van der Waals surface area contributed by atoms with E-state index in [0.29, 0.717) is 34.6 Å². The molecule has 3 aromatic rings. The summed E-state index contributed by atoms with van der Waals surface area (Å²) < 4.78 is 17.0. The largest absolute Gasteiger partial charge is 0.508 e. The molecule has 0 aliphatic carbocycles. The average molecular weight is 308 g/mol. The van der Waals surface area contributed by atoms with Crippen molar-refractivity contribution < 1.29 is 19.3 Å². The normalized spacial score (nSPS) is 11.7. The number of nitrogens with zero attached hydrogens (tertiary/aromatic N) is 2. The van der Waals surface area contributed by atoms with E-state index in [1.54, 1.807) is 30.3 Å². The van der Waals surface area contributed by atoms with Crippen molar-refractivity contribution in [2.75, 3.05) is 0 Å². The van der Waals surface area contributed by atoms with Gasteiger partial charge >= 0.3 is 0 Å². The summed E-state index contributed by atoms with van der Waals surface area (Å²) in [6.45, 7) is 0.203. The van der Waals surface area contributed by atoms with Crippen molar-refractivity contribution in [3.63, 3.8) is 0 Å². The number of fused-ring (bicyclic) bond motifs is 2. The van der Waals surface area contributed by atoms with E-state index in [1.807, 2.05) is 18.2 Å². The van der Waals surface area contributed by atoms with E-state index in [1.165, 1.54) is 6.07 Å². The van der Waals surface area contributed by atoms with Crippen molar-refractivity contribution in [2.45, 2.75) is 6.61 Å². The second-order valence-electron chi connectivity index (χ2n) is 4.94. The molecule has 0 unspecified atom stereocenters. The first-order valence-corrected chi connectivity index (χ1v) is 7.01. The average Bonchev–Trinajstić information content (AvgIpc) is 2.58. The second-order valence-corrected chi connectivity index (χ2v) is 4.94. The molecule has 0 bridgehead atoms. The minimum absolute atomic E-state index is 0.146. The van der Waals surface area contributed by atoms with Crippen LogP contribution < -0.4 is 14.2 Å². The number of hydrogen-bond acceptors (Lipinski definition) is 6. The fourth-order valence-corrected chi connectivity index (χ4v) is 2.19. The summed E-state index contributed by atoms with van der Waals surface area (Å²) in [6.07, 6.45) is 0. The lowest BCUT2D eigenvalue weighted by atomic mass is 10.3. The fraction of sp³-hybridized carbons (Fsp3) is 0.0588. The van der Waals surface area contributed by atoms with Crippen molar-refractivity contribution in [2.24, 2.45) is 0 Å². The van der Waals surface area contributed by atoms with Gasteiger partial charge in [-0.3, -0.25) is 0 Å². The van der Waals surface area contributed by atoms with Crippen LogP contribution in [-0.2, 0) is 6.61 Å². The van der Waals surface area contributed by atoms with E-state index >= 15 is 0 Å². The highest BCUT2D eigenvalue weighted by molar-refractivity contribution is 5.51. The molecule has 0 saturated heterocycles. The van der Waals surface area contributed by atoms with Gasteiger partial charge in [-0.25, -0.2) is 0 Å². The number of aromatic nitrogens is 2. The van der Waals surface area contributed by atoms with Crippen LogP contribution in [0.1, 0.15) is 5.69 Å². The first-order chi connectivity index (χ1) is 11.3. The number of benzene rings is 2. The van der Waals surface area contributed by atoms with Gasteiger partial charge in [-0.1, -0.05) is 18.2 Å². The molecule has 0 fully saturated rings. The van der Waals surface area contributed by atoms with Crippen molar-refractivity contribution in [3.05, 3.63) is 60.3 Å². The highest BCUT2D eigenvalue weighted by atomic mass is 16.6. The van der Waals surface area contributed by atoms with Gasteiger partial charge in [-0.05, 0) is 24.3 Å². The summed E-state index contributed by atoms with van der Waals surface area (Å²) in [7, 11) is 0. The molecule has 4 rings (SSSR count). The molecular formula is C17H12N2O4. The van der Waals surface area contributed by atoms with E-state index in [2.05, 4.69) is 10.2 Å². The topological polar surface area (TPSA) is 73.7 Å². The molecule has 1 N–H and O–H groups in total. The van der Waals surface area contributed by atoms with Crippen molar-refractivity contribution in [1.82, 2.24) is 10.2 Å². The molecule has 0 atom stereocenters. The van der Waals surface area contributed by atoms with Gasteiger partial charge in [0.15, 0.2) is 17.2 Å². The fourth-order valence-electron chi connectivity index (χ4n) is 2.19. The molecule has 6 heteroatoms. The van der Waals surface area contributed by atoms with Gasteiger partial charge in [0, 0.05) is 12.1 Å². The molecule has 1 aliphatic heterocycles. The molecule has 2 aromatic carbocycles.